The van der Waals surface area contributed by atoms with E-state index in [2.05, 4.69) is 5.32 Å². The summed E-state index contributed by atoms with van der Waals surface area (Å²) in [6, 6.07) is 9.65. The van der Waals surface area contributed by atoms with Crippen molar-refractivity contribution in [1.82, 2.24) is 0 Å². The molecule has 0 fully saturated rings. The van der Waals surface area contributed by atoms with E-state index in [1.807, 2.05) is 37.3 Å². The second-order valence-corrected chi connectivity index (χ2v) is 7.76. The molecule has 0 saturated carbocycles. The Morgan fingerprint density at radius 2 is 1.96 bits per heavy atom. The van der Waals surface area contributed by atoms with E-state index >= 15 is 0 Å². The number of esters is 1. The molecule has 6 nitrogen and oxygen atoms in total. The maximum Gasteiger partial charge on any atom is 0.306 e. The average molecular weight is 386 g/mol. The normalized spacial score (nSPS) is 13.7. The van der Waals surface area contributed by atoms with Gasteiger partial charge in [-0.15, -0.1) is 11.3 Å². The topological polar surface area (TPSA) is 98.5 Å². The van der Waals surface area contributed by atoms with E-state index in [1.165, 1.54) is 11.3 Å². The summed E-state index contributed by atoms with van der Waals surface area (Å²) in [5.41, 5.74) is 7.85. The minimum atomic E-state index is -0.543. The van der Waals surface area contributed by atoms with Crippen molar-refractivity contribution in [2.24, 2.45) is 5.73 Å². The van der Waals surface area contributed by atoms with Gasteiger partial charge < -0.3 is 15.8 Å². The molecule has 142 valence electrons. The molecule has 0 spiro atoms. The number of primary amides is 1. The number of nitrogens with one attached hydrogen (secondary N) is 1. The summed E-state index contributed by atoms with van der Waals surface area (Å²) in [7, 11) is 0. The fraction of sp³-hybridized carbons (Fsp3) is 0.350. The van der Waals surface area contributed by atoms with Gasteiger partial charge in [-0.1, -0.05) is 37.3 Å². The van der Waals surface area contributed by atoms with Crippen LogP contribution in [0.2, 0.25) is 0 Å². The first-order valence-electron chi connectivity index (χ1n) is 8.90. The van der Waals surface area contributed by atoms with Gasteiger partial charge >= 0.3 is 5.97 Å². The molecule has 1 aliphatic carbocycles. The van der Waals surface area contributed by atoms with E-state index in [0.717, 1.165) is 35.3 Å². The third kappa shape index (κ3) is 4.54. The number of aryl methyl sites for hydroxylation is 1. The zero-order valence-electron chi connectivity index (χ0n) is 15.1. The fourth-order valence-electron chi connectivity index (χ4n) is 3.27. The van der Waals surface area contributed by atoms with Crippen molar-refractivity contribution in [3.63, 3.8) is 0 Å². The Labute approximate surface area is 161 Å². The van der Waals surface area contributed by atoms with Crippen LogP contribution in [0.1, 0.15) is 52.0 Å². The smallest absolute Gasteiger partial charge is 0.306 e. The lowest BCUT2D eigenvalue weighted by molar-refractivity contribution is -0.147. The summed E-state index contributed by atoms with van der Waals surface area (Å²) >= 11 is 1.37. The Hall–Kier alpha value is -2.67. The number of hydrogen-bond acceptors (Lipinski definition) is 5. The van der Waals surface area contributed by atoms with Crippen LogP contribution in [0.4, 0.5) is 5.00 Å². The summed E-state index contributed by atoms with van der Waals surface area (Å²) in [5.74, 6) is -1.45. The highest BCUT2D eigenvalue weighted by atomic mass is 32.1. The van der Waals surface area contributed by atoms with E-state index < -0.39 is 17.8 Å². The lowest BCUT2D eigenvalue weighted by atomic mass is 9.98. The van der Waals surface area contributed by atoms with Crippen molar-refractivity contribution in [3.8, 4) is 0 Å². The van der Waals surface area contributed by atoms with Crippen LogP contribution in [-0.4, -0.2) is 24.4 Å². The number of nitrogens with two attached hydrogens (primary N) is 1. The SMILES string of the molecule is C[C@H](CC(=O)OCC(=O)Nc1sc2c(c1C(N)=O)CCC2)c1ccccc1. The Bertz CT molecular complexity index is 860. The molecule has 0 aliphatic heterocycles. The molecule has 1 aliphatic rings. The molecule has 2 aromatic rings. The van der Waals surface area contributed by atoms with Gasteiger partial charge in [0.1, 0.15) is 5.00 Å². The number of rotatable bonds is 7. The maximum atomic E-state index is 12.1. The number of amides is 2. The molecule has 1 atom stereocenters. The maximum absolute atomic E-state index is 12.1. The lowest BCUT2D eigenvalue weighted by Crippen LogP contribution is -2.23. The van der Waals surface area contributed by atoms with Crippen molar-refractivity contribution in [3.05, 3.63) is 51.9 Å². The van der Waals surface area contributed by atoms with Crippen molar-refractivity contribution in [2.45, 2.75) is 38.5 Å². The van der Waals surface area contributed by atoms with E-state index in [4.69, 9.17) is 10.5 Å². The fourth-order valence-corrected chi connectivity index (χ4v) is 4.58. The predicted octanol–water partition coefficient (Wildman–Crippen LogP) is 3.01. The Kier molecular flexibility index (Phi) is 5.91. The van der Waals surface area contributed by atoms with Crippen LogP contribution in [0.25, 0.3) is 0 Å². The standard InChI is InChI=1S/C20H22N2O4S/c1-12(13-6-3-2-4-7-13)10-17(24)26-11-16(23)22-20-18(19(21)25)14-8-5-9-15(14)27-20/h2-4,6-7,12H,5,8-11H2,1H3,(H2,21,25)(H,22,23)/t12-/m1/s1. The monoisotopic (exact) mass is 386 g/mol. The van der Waals surface area contributed by atoms with E-state index in [9.17, 15) is 14.4 Å². The van der Waals surface area contributed by atoms with Crippen LogP contribution in [0.3, 0.4) is 0 Å². The third-order valence-corrected chi connectivity index (χ3v) is 5.83. The zero-order chi connectivity index (χ0) is 19.4. The number of carbonyl (C=O) groups is 3. The van der Waals surface area contributed by atoms with Gasteiger partial charge in [-0.2, -0.15) is 0 Å². The quantitative estimate of drug-likeness (QED) is 0.715. The van der Waals surface area contributed by atoms with Crippen molar-refractivity contribution in [2.75, 3.05) is 11.9 Å². The van der Waals surface area contributed by atoms with Crippen molar-refractivity contribution >= 4 is 34.1 Å². The molecule has 0 unspecified atom stereocenters. The molecule has 1 heterocycles. The molecule has 7 heteroatoms. The van der Waals surface area contributed by atoms with E-state index in [-0.39, 0.29) is 18.9 Å². The zero-order valence-corrected chi connectivity index (χ0v) is 15.9. The van der Waals surface area contributed by atoms with Crippen LogP contribution in [-0.2, 0) is 27.2 Å². The van der Waals surface area contributed by atoms with Crippen LogP contribution in [0.5, 0.6) is 0 Å². The van der Waals surface area contributed by atoms with Gasteiger partial charge in [0.2, 0.25) is 0 Å². The molecule has 3 rings (SSSR count). The van der Waals surface area contributed by atoms with E-state index in [0.29, 0.717) is 10.6 Å². The number of carbonyl (C=O) groups excluding carboxylic acids is 3. The van der Waals surface area contributed by atoms with Crippen molar-refractivity contribution < 1.29 is 19.1 Å². The third-order valence-electron chi connectivity index (χ3n) is 4.63. The highest BCUT2D eigenvalue weighted by Crippen LogP contribution is 2.38. The number of hydrogen-bond donors (Lipinski definition) is 2. The minimum Gasteiger partial charge on any atom is -0.456 e. The number of benzene rings is 1. The molecule has 0 radical (unpaired) electrons. The van der Waals surface area contributed by atoms with E-state index in [1.54, 1.807) is 0 Å². The second kappa shape index (κ2) is 8.35. The van der Waals surface area contributed by atoms with Gasteiger partial charge in [-0.3, -0.25) is 14.4 Å². The van der Waals surface area contributed by atoms with Crippen molar-refractivity contribution in [1.29, 1.82) is 0 Å². The van der Waals surface area contributed by atoms with Gasteiger partial charge in [-0.25, -0.2) is 0 Å². The van der Waals surface area contributed by atoms with Crippen LogP contribution >= 0.6 is 11.3 Å². The first kappa shape index (κ1) is 19.1. The molecule has 0 bridgehead atoms. The summed E-state index contributed by atoms with van der Waals surface area (Å²) < 4.78 is 5.08. The number of ether oxygens (including phenoxy) is 1. The number of fused-ring (bicyclic) bond motifs is 1. The largest absolute Gasteiger partial charge is 0.456 e. The Morgan fingerprint density at radius 1 is 1.22 bits per heavy atom. The molecular weight excluding hydrogens is 364 g/mol. The highest BCUT2D eigenvalue weighted by Gasteiger charge is 2.26. The van der Waals surface area contributed by atoms with Gasteiger partial charge in [0.05, 0.1) is 12.0 Å². The molecular formula is C20H22N2O4S. The van der Waals surface area contributed by atoms with Gasteiger partial charge in [0.25, 0.3) is 11.8 Å². The number of thiophene rings is 1. The minimum absolute atomic E-state index is 0.00324. The van der Waals surface area contributed by atoms with Gasteiger partial charge in [0, 0.05) is 4.88 Å². The number of anilines is 1. The van der Waals surface area contributed by atoms with Crippen LogP contribution in [0, 0.1) is 0 Å². The average Bonchev–Trinajstić information content (AvgIpc) is 3.21. The molecule has 1 aromatic carbocycles. The summed E-state index contributed by atoms with van der Waals surface area (Å²) in [4.78, 5) is 37.0. The first-order valence-corrected chi connectivity index (χ1v) is 9.72. The summed E-state index contributed by atoms with van der Waals surface area (Å²) in [6.45, 7) is 1.55. The van der Waals surface area contributed by atoms with Crippen LogP contribution in [0.15, 0.2) is 30.3 Å². The molecule has 3 N–H and O–H groups in total. The highest BCUT2D eigenvalue weighted by molar-refractivity contribution is 7.17. The summed E-state index contributed by atoms with van der Waals surface area (Å²) in [5, 5.41) is 3.11. The molecule has 2 amide bonds. The second-order valence-electron chi connectivity index (χ2n) is 6.65. The molecule has 27 heavy (non-hydrogen) atoms. The summed E-state index contributed by atoms with van der Waals surface area (Å²) in [6.07, 6.45) is 2.87. The van der Waals surface area contributed by atoms with Crippen LogP contribution < -0.4 is 11.1 Å². The predicted molar refractivity (Wildman–Crippen MR) is 104 cm³/mol. The first-order chi connectivity index (χ1) is 13.0. The van der Waals surface area contributed by atoms with Gasteiger partial charge in [0.15, 0.2) is 6.61 Å². The van der Waals surface area contributed by atoms with Gasteiger partial charge in [-0.05, 0) is 36.3 Å². The molecule has 1 aromatic heterocycles. The lowest BCUT2D eigenvalue weighted by Gasteiger charge is -2.11. The Morgan fingerprint density at radius 3 is 2.67 bits per heavy atom. The molecule has 0 saturated heterocycles. The Balaban J connectivity index is 1.53.